The number of nitrogens with one attached hydrogen (secondary N) is 3. The van der Waals surface area contributed by atoms with E-state index in [4.69, 9.17) is 0 Å². The van der Waals surface area contributed by atoms with Gasteiger partial charge in [0.25, 0.3) is 0 Å². The van der Waals surface area contributed by atoms with Crippen molar-refractivity contribution in [1.29, 1.82) is 0 Å². The largest absolute Gasteiger partial charge is 0.369 e. The topological polar surface area (TPSA) is 93.8 Å². The Morgan fingerprint density at radius 1 is 1.00 bits per heavy atom. The highest BCUT2D eigenvalue weighted by Crippen LogP contribution is 2.24. The molecule has 1 fully saturated rings. The fraction of sp³-hybridized carbons (Fsp3) is 0.409. The van der Waals surface area contributed by atoms with Gasteiger partial charge in [-0.3, -0.25) is 10.1 Å². The zero-order chi connectivity index (χ0) is 23.5. The van der Waals surface area contributed by atoms with Crippen LogP contribution in [0.3, 0.4) is 0 Å². The van der Waals surface area contributed by atoms with Gasteiger partial charge < -0.3 is 10.2 Å². The molecular formula is C22H30FN5O3S. The molecular weight excluding hydrogens is 433 g/mol. The fourth-order valence-electron chi connectivity index (χ4n) is 3.42. The minimum absolute atomic E-state index is 0.0495. The molecule has 1 saturated heterocycles. The van der Waals surface area contributed by atoms with Crippen molar-refractivity contribution in [2.45, 2.75) is 26.2 Å². The number of halogens is 1. The fourth-order valence-corrected chi connectivity index (χ4v) is 3.98. The lowest BCUT2D eigenvalue weighted by molar-refractivity contribution is 0.178. The van der Waals surface area contributed by atoms with Crippen LogP contribution in [0, 0.1) is 5.82 Å². The van der Waals surface area contributed by atoms with Gasteiger partial charge in [-0.15, -0.1) is 0 Å². The van der Waals surface area contributed by atoms with Crippen LogP contribution in [0.15, 0.2) is 42.5 Å². The average Bonchev–Trinajstić information content (AvgIpc) is 2.69. The van der Waals surface area contributed by atoms with Crippen LogP contribution >= 0.6 is 0 Å². The number of hydrogen-bond acceptors (Lipinski definition) is 5. The molecule has 0 aliphatic carbocycles. The van der Waals surface area contributed by atoms with Gasteiger partial charge in [0.1, 0.15) is 5.82 Å². The van der Waals surface area contributed by atoms with Crippen molar-refractivity contribution in [3.63, 3.8) is 0 Å². The number of rotatable bonds is 5. The van der Waals surface area contributed by atoms with Gasteiger partial charge in [0.05, 0.1) is 11.9 Å². The van der Waals surface area contributed by atoms with E-state index >= 15 is 0 Å². The number of hydrogen-bond donors (Lipinski definition) is 3. The van der Waals surface area contributed by atoms with E-state index in [0.29, 0.717) is 37.6 Å². The van der Waals surface area contributed by atoms with Crippen molar-refractivity contribution in [2.75, 3.05) is 47.4 Å². The molecule has 0 bridgehead atoms. The van der Waals surface area contributed by atoms with Crippen molar-refractivity contribution in [1.82, 2.24) is 10.4 Å². The summed E-state index contributed by atoms with van der Waals surface area (Å²) >= 11 is 0. The summed E-state index contributed by atoms with van der Waals surface area (Å²) in [6, 6.07) is 11.9. The summed E-state index contributed by atoms with van der Waals surface area (Å²) in [4.78, 5) is 14.3. The SMILES string of the molecule is CC(C)(C)c1ccc(NC(=O)NN2CCN(c3ccc(NS(C)(=O)=O)c(F)c3)CC2)cc1. The molecule has 8 nitrogen and oxygen atoms in total. The maximum atomic E-state index is 14.3. The zero-order valence-electron chi connectivity index (χ0n) is 18.8. The van der Waals surface area contributed by atoms with Crippen molar-refractivity contribution in [3.8, 4) is 0 Å². The van der Waals surface area contributed by atoms with E-state index in [0.717, 1.165) is 6.26 Å². The average molecular weight is 464 g/mol. The number of benzene rings is 2. The lowest BCUT2D eigenvalue weighted by atomic mass is 9.87. The molecule has 2 aromatic rings. The number of nitrogens with zero attached hydrogens (tertiary/aromatic N) is 2. The van der Waals surface area contributed by atoms with Crippen LogP contribution in [0.1, 0.15) is 26.3 Å². The standard InChI is InChI=1S/C22H30FN5O3S/c1-22(2,3)16-5-7-17(8-6-16)24-21(29)25-28-13-11-27(12-14-28)18-9-10-20(19(23)15-18)26-32(4,30)31/h5-10,15,26H,11-14H2,1-4H3,(H2,24,25,29). The van der Waals surface area contributed by atoms with Crippen LogP contribution in [0.4, 0.5) is 26.2 Å². The van der Waals surface area contributed by atoms with Crippen molar-refractivity contribution < 1.29 is 17.6 Å². The Hall–Kier alpha value is -2.85. The zero-order valence-corrected chi connectivity index (χ0v) is 19.6. The van der Waals surface area contributed by atoms with Crippen LogP contribution in [-0.2, 0) is 15.4 Å². The summed E-state index contributed by atoms with van der Waals surface area (Å²) in [5.41, 5.74) is 5.37. The molecule has 0 aromatic heterocycles. The predicted molar refractivity (Wildman–Crippen MR) is 126 cm³/mol. The number of carbonyl (C=O) groups is 1. The highest BCUT2D eigenvalue weighted by atomic mass is 32.2. The minimum atomic E-state index is -3.54. The van der Waals surface area contributed by atoms with Crippen molar-refractivity contribution in [2.24, 2.45) is 0 Å². The van der Waals surface area contributed by atoms with E-state index in [-0.39, 0.29) is 17.1 Å². The Balaban J connectivity index is 1.50. The molecule has 32 heavy (non-hydrogen) atoms. The summed E-state index contributed by atoms with van der Waals surface area (Å²) in [6.45, 7) is 8.69. The van der Waals surface area contributed by atoms with Crippen LogP contribution in [0.5, 0.6) is 0 Å². The van der Waals surface area contributed by atoms with E-state index < -0.39 is 15.8 Å². The van der Waals surface area contributed by atoms with E-state index in [1.54, 1.807) is 6.07 Å². The molecule has 2 amide bonds. The number of hydrazine groups is 1. The van der Waals surface area contributed by atoms with Crippen LogP contribution < -0.4 is 20.4 Å². The highest BCUT2D eigenvalue weighted by molar-refractivity contribution is 7.92. The number of urea groups is 1. The first-order chi connectivity index (χ1) is 14.9. The molecule has 2 aromatic carbocycles. The molecule has 3 rings (SSSR count). The molecule has 0 atom stereocenters. The minimum Gasteiger partial charge on any atom is -0.369 e. The third-order valence-corrected chi connectivity index (χ3v) is 5.75. The number of anilines is 3. The normalized spacial score (nSPS) is 15.3. The first-order valence-corrected chi connectivity index (χ1v) is 12.3. The molecule has 1 aliphatic rings. The molecule has 0 radical (unpaired) electrons. The molecule has 1 heterocycles. The number of sulfonamides is 1. The molecule has 0 unspecified atom stereocenters. The van der Waals surface area contributed by atoms with Crippen LogP contribution in [0.2, 0.25) is 0 Å². The maximum absolute atomic E-state index is 14.3. The summed E-state index contributed by atoms with van der Waals surface area (Å²) in [5, 5.41) is 4.64. The van der Waals surface area contributed by atoms with Gasteiger partial charge in [0.15, 0.2) is 0 Å². The quantitative estimate of drug-likeness (QED) is 0.632. The van der Waals surface area contributed by atoms with Gasteiger partial charge in [-0.2, -0.15) is 0 Å². The maximum Gasteiger partial charge on any atom is 0.333 e. The van der Waals surface area contributed by atoms with Crippen LogP contribution in [-0.4, -0.2) is 51.9 Å². The van der Waals surface area contributed by atoms with Crippen molar-refractivity contribution in [3.05, 3.63) is 53.8 Å². The Morgan fingerprint density at radius 2 is 1.62 bits per heavy atom. The molecule has 3 N–H and O–H groups in total. The Labute approximate surface area is 188 Å². The number of amides is 2. The Bertz CT molecular complexity index is 1060. The second-order valence-corrected chi connectivity index (χ2v) is 10.7. The third-order valence-electron chi connectivity index (χ3n) is 5.16. The van der Waals surface area contributed by atoms with Crippen LogP contribution in [0.25, 0.3) is 0 Å². The summed E-state index contributed by atoms with van der Waals surface area (Å²) in [6.07, 6.45) is 0.976. The smallest absolute Gasteiger partial charge is 0.333 e. The number of piperazine rings is 1. The van der Waals surface area contributed by atoms with E-state index in [9.17, 15) is 17.6 Å². The molecule has 1 aliphatic heterocycles. The second kappa shape index (κ2) is 9.33. The molecule has 10 heteroatoms. The van der Waals surface area contributed by atoms with Crippen molar-refractivity contribution >= 4 is 33.1 Å². The highest BCUT2D eigenvalue weighted by Gasteiger charge is 2.20. The second-order valence-electron chi connectivity index (χ2n) is 8.91. The number of carbonyl (C=O) groups excluding carboxylic acids is 1. The monoisotopic (exact) mass is 463 g/mol. The lowest BCUT2D eigenvalue weighted by Crippen LogP contribution is -2.54. The first-order valence-electron chi connectivity index (χ1n) is 10.4. The predicted octanol–water partition coefficient (Wildman–Crippen LogP) is 3.35. The van der Waals surface area contributed by atoms with Gasteiger partial charge in [-0.05, 0) is 41.3 Å². The Kier molecular flexibility index (Phi) is 6.94. The molecule has 174 valence electrons. The first kappa shape index (κ1) is 23.8. The van der Waals surface area contributed by atoms with Gasteiger partial charge in [-0.25, -0.2) is 22.6 Å². The Morgan fingerprint density at radius 3 is 2.16 bits per heavy atom. The van der Waals surface area contributed by atoms with E-state index in [1.165, 1.54) is 17.7 Å². The van der Waals surface area contributed by atoms with Gasteiger partial charge in [0, 0.05) is 37.6 Å². The summed E-state index contributed by atoms with van der Waals surface area (Å²) in [7, 11) is -3.54. The van der Waals surface area contributed by atoms with E-state index in [1.807, 2.05) is 34.2 Å². The van der Waals surface area contributed by atoms with E-state index in [2.05, 4.69) is 36.2 Å². The van der Waals surface area contributed by atoms with Gasteiger partial charge >= 0.3 is 6.03 Å². The summed E-state index contributed by atoms with van der Waals surface area (Å²) < 4.78 is 39.0. The molecule has 0 saturated carbocycles. The van der Waals surface area contributed by atoms with Gasteiger partial charge in [0.2, 0.25) is 10.0 Å². The summed E-state index contributed by atoms with van der Waals surface area (Å²) in [5.74, 6) is -0.634. The lowest BCUT2D eigenvalue weighted by Gasteiger charge is -2.36. The van der Waals surface area contributed by atoms with Gasteiger partial charge in [-0.1, -0.05) is 32.9 Å². The third kappa shape index (κ3) is 6.57. The molecule has 0 spiro atoms.